The van der Waals surface area contributed by atoms with E-state index in [4.69, 9.17) is 10.5 Å². The number of carbonyl (C=O) groups excluding carboxylic acids is 2. The van der Waals surface area contributed by atoms with Gasteiger partial charge in [-0.1, -0.05) is 12.1 Å². The van der Waals surface area contributed by atoms with Crippen molar-refractivity contribution in [3.05, 3.63) is 35.6 Å². The van der Waals surface area contributed by atoms with Gasteiger partial charge in [0.2, 0.25) is 11.8 Å². The summed E-state index contributed by atoms with van der Waals surface area (Å²) < 4.78 is 17.7. The van der Waals surface area contributed by atoms with Gasteiger partial charge >= 0.3 is 0 Å². The largest absolute Gasteiger partial charge is 0.383 e. The number of ether oxygens (including phenoxy) is 1. The Hall–Kier alpha value is -1.70. The van der Waals surface area contributed by atoms with Crippen molar-refractivity contribution in [2.45, 2.75) is 25.4 Å². The Morgan fingerprint density at radius 3 is 2.48 bits per heavy atom. The third kappa shape index (κ3) is 6.26. The van der Waals surface area contributed by atoms with Crippen molar-refractivity contribution in [3.63, 3.8) is 0 Å². The van der Waals surface area contributed by atoms with Crippen molar-refractivity contribution in [2.75, 3.05) is 26.8 Å². The topological polar surface area (TPSA) is 84.7 Å². The molecule has 1 aromatic carbocycles. The molecule has 1 saturated heterocycles. The van der Waals surface area contributed by atoms with E-state index >= 15 is 0 Å². The van der Waals surface area contributed by atoms with E-state index in [0.29, 0.717) is 32.5 Å². The van der Waals surface area contributed by atoms with Gasteiger partial charge in [-0.2, -0.15) is 0 Å². The fourth-order valence-electron chi connectivity index (χ4n) is 2.78. The van der Waals surface area contributed by atoms with E-state index in [2.05, 4.69) is 5.32 Å². The molecule has 1 aliphatic heterocycles. The third-order valence-corrected chi connectivity index (χ3v) is 4.22. The highest BCUT2D eigenvalue weighted by atomic mass is 35.5. The Morgan fingerprint density at radius 1 is 1.32 bits per heavy atom. The zero-order valence-corrected chi connectivity index (χ0v) is 15.1. The Bertz CT molecular complexity index is 563. The predicted molar refractivity (Wildman–Crippen MR) is 94.7 cm³/mol. The first-order valence-corrected chi connectivity index (χ1v) is 8.06. The molecule has 1 heterocycles. The number of piperidine rings is 1. The van der Waals surface area contributed by atoms with E-state index in [-0.39, 0.29) is 42.6 Å². The lowest BCUT2D eigenvalue weighted by Crippen LogP contribution is -2.50. The van der Waals surface area contributed by atoms with Crippen molar-refractivity contribution >= 4 is 24.2 Å². The number of nitrogens with two attached hydrogens (primary N) is 1. The molecule has 140 valence electrons. The maximum atomic E-state index is 12.8. The molecule has 1 atom stereocenters. The number of hydrogen-bond donors (Lipinski definition) is 2. The molecular formula is C17H25ClFN3O3. The summed E-state index contributed by atoms with van der Waals surface area (Å²) in [4.78, 5) is 26.0. The minimum absolute atomic E-state index is 0. The van der Waals surface area contributed by atoms with Crippen LogP contribution in [0.15, 0.2) is 24.3 Å². The number of halogens is 2. The summed E-state index contributed by atoms with van der Waals surface area (Å²) in [6, 6.07) is 5.38. The van der Waals surface area contributed by atoms with Crippen LogP contribution < -0.4 is 11.1 Å². The Balaban J connectivity index is 0.00000312. The van der Waals surface area contributed by atoms with E-state index in [0.717, 1.165) is 5.56 Å². The first-order chi connectivity index (χ1) is 11.5. The van der Waals surface area contributed by atoms with Gasteiger partial charge in [-0.3, -0.25) is 9.59 Å². The van der Waals surface area contributed by atoms with Gasteiger partial charge in [0.05, 0.1) is 6.61 Å². The van der Waals surface area contributed by atoms with Gasteiger partial charge in [-0.15, -0.1) is 12.4 Å². The number of methoxy groups -OCH3 is 1. The lowest BCUT2D eigenvalue weighted by atomic mass is 9.95. The van der Waals surface area contributed by atoms with Crippen LogP contribution >= 0.6 is 12.4 Å². The van der Waals surface area contributed by atoms with Crippen LogP contribution in [-0.2, 0) is 20.9 Å². The van der Waals surface area contributed by atoms with Crippen molar-refractivity contribution < 1.29 is 18.7 Å². The van der Waals surface area contributed by atoms with Crippen molar-refractivity contribution in [3.8, 4) is 0 Å². The molecule has 2 rings (SSSR count). The molecule has 1 unspecified atom stereocenters. The number of nitrogens with zero attached hydrogens (tertiary/aromatic N) is 1. The quantitative estimate of drug-likeness (QED) is 0.781. The number of hydrogen-bond acceptors (Lipinski definition) is 4. The molecule has 0 bridgehead atoms. The lowest BCUT2D eigenvalue weighted by Gasteiger charge is -2.32. The van der Waals surface area contributed by atoms with E-state index in [9.17, 15) is 14.0 Å². The Kier molecular flexibility index (Phi) is 8.82. The normalized spacial score (nSPS) is 16.0. The van der Waals surface area contributed by atoms with E-state index < -0.39 is 6.04 Å². The first-order valence-electron chi connectivity index (χ1n) is 8.06. The summed E-state index contributed by atoms with van der Waals surface area (Å²) in [5, 5.41) is 2.87. The summed E-state index contributed by atoms with van der Waals surface area (Å²) in [6.45, 7) is 1.60. The minimum atomic E-state index is -0.654. The minimum Gasteiger partial charge on any atom is -0.383 e. The lowest BCUT2D eigenvalue weighted by molar-refractivity contribution is -0.137. The van der Waals surface area contributed by atoms with E-state index in [1.165, 1.54) is 19.2 Å². The Morgan fingerprint density at radius 2 is 1.92 bits per heavy atom. The van der Waals surface area contributed by atoms with Gasteiger partial charge in [-0.05, 0) is 30.5 Å². The standard InChI is InChI=1S/C17H24FN3O3.ClH/c1-24-11-15(19)17(23)21-8-6-13(7-9-21)16(22)20-10-12-2-4-14(18)5-3-12;/h2-5,13,15H,6-11,19H2,1H3,(H,20,22);1H. The smallest absolute Gasteiger partial charge is 0.241 e. The molecule has 1 fully saturated rings. The van der Waals surface area contributed by atoms with E-state index in [1.807, 2.05) is 0 Å². The van der Waals surface area contributed by atoms with Gasteiger partial charge < -0.3 is 20.7 Å². The van der Waals surface area contributed by atoms with Crippen LogP contribution in [0, 0.1) is 11.7 Å². The van der Waals surface area contributed by atoms with Gasteiger partial charge in [0.1, 0.15) is 11.9 Å². The van der Waals surface area contributed by atoms with Crippen molar-refractivity contribution in [1.82, 2.24) is 10.2 Å². The summed E-state index contributed by atoms with van der Waals surface area (Å²) in [5.41, 5.74) is 6.60. The molecule has 0 spiro atoms. The second-order valence-corrected chi connectivity index (χ2v) is 6.01. The maximum Gasteiger partial charge on any atom is 0.241 e. The average molecular weight is 374 g/mol. The fourth-order valence-corrected chi connectivity index (χ4v) is 2.78. The highest BCUT2D eigenvalue weighted by Gasteiger charge is 2.29. The molecular weight excluding hydrogens is 349 g/mol. The van der Waals surface area contributed by atoms with E-state index in [1.54, 1.807) is 17.0 Å². The average Bonchev–Trinajstić information content (AvgIpc) is 2.60. The highest BCUT2D eigenvalue weighted by Crippen LogP contribution is 2.18. The van der Waals surface area contributed by atoms with Crippen molar-refractivity contribution in [1.29, 1.82) is 0 Å². The van der Waals surface area contributed by atoms with Crippen LogP contribution in [0.25, 0.3) is 0 Å². The van der Waals surface area contributed by atoms with Crippen LogP contribution in [0.1, 0.15) is 18.4 Å². The fraction of sp³-hybridized carbons (Fsp3) is 0.529. The molecule has 1 aliphatic rings. The number of benzene rings is 1. The predicted octanol–water partition coefficient (Wildman–Crippen LogP) is 1.08. The molecule has 1 aromatic rings. The molecule has 0 radical (unpaired) electrons. The van der Waals surface area contributed by atoms with Gasteiger partial charge in [0.15, 0.2) is 0 Å². The molecule has 6 nitrogen and oxygen atoms in total. The molecule has 0 aliphatic carbocycles. The SMILES string of the molecule is COCC(N)C(=O)N1CCC(C(=O)NCc2ccc(F)cc2)CC1.Cl. The van der Waals surface area contributed by atoms with Crippen LogP contribution in [0.4, 0.5) is 4.39 Å². The zero-order valence-electron chi connectivity index (χ0n) is 14.2. The number of likely N-dealkylation sites (tertiary alicyclic amines) is 1. The van der Waals surface area contributed by atoms with Gasteiger partial charge in [0, 0.05) is 32.7 Å². The molecule has 2 amide bonds. The summed E-state index contributed by atoms with van der Waals surface area (Å²) in [6.07, 6.45) is 1.22. The van der Waals surface area contributed by atoms with Crippen molar-refractivity contribution in [2.24, 2.45) is 11.7 Å². The summed E-state index contributed by atoms with van der Waals surface area (Å²) in [5.74, 6) is -0.587. The first kappa shape index (κ1) is 21.3. The maximum absolute atomic E-state index is 12.8. The number of nitrogens with one attached hydrogen (secondary N) is 1. The molecule has 0 aromatic heterocycles. The van der Waals surface area contributed by atoms with Crippen LogP contribution in [0.2, 0.25) is 0 Å². The number of carbonyl (C=O) groups is 2. The second-order valence-electron chi connectivity index (χ2n) is 6.01. The third-order valence-electron chi connectivity index (χ3n) is 4.22. The summed E-state index contributed by atoms with van der Waals surface area (Å²) in [7, 11) is 1.50. The number of amides is 2. The highest BCUT2D eigenvalue weighted by molar-refractivity contribution is 5.85. The van der Waals surface area contributed by atoms with Crippen LogP contribution in [0.3, 0.4) is 0 Å². The zero-order chi connectivity index (χ0) is 17.5. The monoisotopic (exact) mass is 373 g/mol. The van der Waals surface area contributed by atoms with Crippen LogP contribution in [0.5, 0.6) is 0 Å². The van der Waals surface area contributed by atoms with Gasteiger partial charge in [-0.25, -0.2) is 4.39 Å². The molecule has 0 saturated carbocycles. The second kappa shape index (κ2) is 10.3. The van der Waals surface area contributed by atoms with Crippen LogP contribution in [-0.4, -0.2) is 49.6 Å². The Labute approximate surface area is 153 Å². The number of rotatable bonds is 6. The molecule has 25 heavy (non-hydrogen) atoms. The summed E-state index contributed by atoms with van der Waals surface area (Å²) >= 11 is 0. The molecule has 8 heteroatoms. The van der Waals surface area contributed by atoms with Gasteiger partial charge in [0.25, 0.3) is 0 Å². The molecule has 3 N–H and O–H groups in total.